The van der Waals surface area contributed by atoms with Gasteiger partial charge in [-0.05, 0) is 36.8 Å². The molecule has 1 fully saturated rings. The molecule has 8 heteroatoms. The van der Waals surface area contributed by atoms with E-state index < -0.39 is 0 Å². The molecule has 34 heavy (non-hydrogen) atoms. The van der Waals surface area contributed by atoms with E-state index in [2.05, 4.69) is 20.2 Å². The molecule has 5 rings (SSSR count). The average Bonchev–Trinajstić information content (AvgIpc) is 2.88. The monoisotopic (exact) mass is 458 g/mol. The Morgan fingerprint density at radius 1 is 1.12 bits per heavy atom. The summed E-state index contributed by atoms with van der Waals surface area (Å²) >= 11 is 0. The minimum atomic E-state index is -0.303. The van der Waals surface area contributed by atoms with Gasteiger partial charge in [0.2, 0.25) is 5.95 Å². The lowest BCUT2D eigenvalue weighted by molar-refractivity contribution is 0.122. The van der Waals surface area contributed by atoms with Crippen LogP contribution in [0.1, 0.15) is 12.5 Å². The van der Waals surface area contributed by atoms with Crippen molar-refractivity contribution in [1.29, 1.82) is 0 Å². The molecule has 0 unspecified atom stereocenters. The summed E-state index contributed by atoms with van der Waals surface area (Å²) in [5, 5.41) is 4.14. The highest BCUT2D eigenvalue weighted by Crippen LogP contribution is 2.33. The molecule has 0 saturated carbocycles. The van der Waals surface area contributed by atoms with Gasteiger partial charge in [-0.3, -0.25) is 0 Å². The number of hydrogen-bond acceptors (Lipinski definition) is 8. The fourth-order valence-electron chi connectivity index (χ4n) is 4.32. The third-order valence-corrected chi connectivity index (χ3v) is 5.95. The van der Waals surface area contributed by atoms with E-state index in [-0.39, 0.29) is 5.63 Å². The number of nitrogens with one attached hydrogen (secondary N) is 1. The minimum absolute atomic E-state index is 0.303. The van der Waals surface area contributed by atoms with Gasteiger partial charge in [0, 0.05) is 42.0 Å². The Morgan fingerprint density at radius 2 is 1.94 bits per heavy atom. The Bertz CT molecular complexity index is 1380. The lowest BCUT2D eigenvalue weighted by Crippen LogP contribution is -2.37. The largest absolute Gasteiger partial charge is 0.496 e. The first-order valence-corrected chi connectivity index (χ1v) is 11.3. The molecule has 1 saturated heterocycles. The Labute approximate surface area is 197 Å². The zero-order valence-corrected chi connectivity index (χ0v) is 19.2. The second kappa shape index (κ2) is 9.52. The van der Waals surface area contributed by atoms with Gasteiger partial charge in [-0.1, -0.05) is 19.1 Å². The lowest BCUT2D eigenvalue weighted by atomic mass is 10.1. The summed E-state index contributed by atoms with van der Waals surface area (Å²) in [6, 6.07) is 15.3. The van der Waals surface area contributed by atoms with E-state index in [1.807, 2.05) is 55.5 Å². The number of nitrogens with zero attached hydrogens (tertiary/aromatic N) is 3. The Morgan fingerprint density at radius 3 is 2.74 bits per heavy atom. The van der Waals surface area contributed by atoms with E-state index in [1.54, 1.807) is 13.3 Å². The van der Waals surface area contributed by atoms with Crippen LogP contribution in [0.3, 0.4) is 0 Å². The van der Waals surface area contributed by atoms with E-state index in [4.69, 9.17) is 13.9 Å². The third-order valence-electron chi connectivity index (χ3n) is 5.95. The topological polar surface area (TPSA) is 89.7 Å². The van der Waals surface area contributed by atoms with Crippen LogP contribution in [0.15, 0.2) is 63.9 Å². The highest BCUT2D eigenvalue weighted by atomic mass is 16.5. The third kappa shape index (κ3) is 4.20. The van der Waals surface area contributed by atoms with Crippen LogP contribution in [0.25, 0.3) is 22.2 Å². The van der Waals surface area contributed by atoms with Crippen LogP contribution in [0.4, 0.5) is 17.3 Å². The van der Waals surface area contributed by atoms with E-state index in [9.17, 15) is 4.79 Å². The summed E-state index contributed by atoms with van der Waals surface area (Å²) in [4.78, 5) is 24.0. The van der Waals surface area contributed by atoms with Crippen LogP contribution in [0.2, 0.25) is 0 Å². The maximum atomic E-state index is 12.8. The molecule has 0 bridgehead atoms. The number of morpholine rings is 1. The maximum absolute atomic E-state index is 12.8. The van der Waals surface area contributed by atoms with Crippen LogP contribution in [-0.4, -0.2) is 43.4 Å². The van der Waals surface area contributed by atoms with Crippen LogP contribution in [0, 0.1) is 0 Å². The molecule has 3 heterocycles. The van der Waals surface area contributed by atoms with E-state index in [0.717, 1.165) is 46.9 Å². The molecule has 1 aliphatic heterocycles. The molecular formula is C26H26N4O4. The molecule has 0 spiro atoms. The first-order chi connectivity index (χ1) is 16.7. The number of fused-ring (bicyclic) bond motifs is 1. The minimum Gasteiger partial charge on any atom is -0.496 e. The molecule has 1 N–H and O–H groups in total. The fraction of sp³-hybridized carbons (Fsp3) is 0.269. The van der Waals surface area contributed by atoms with Crippen molar-refractivity contribution in [1.82, 2.24) is 9.97 Å². The van der Waals surface area contributed by atoms with Gasteiger partial charge in [-0.15, -0.1) is 0 Å². The molecule has 0 aliphatic carbocycles. The number of aromatic nitrogens is 2. The van der Waals surface area contributed by atoms with E-state index in [0.29, 0.717) is 36.7 Å². The lowest BCUT2D eigenvalue weighted by Gasteiger charge is -2.31. The zero-order chi connectivity index (χ0) is 23.5. The van der Waals surface area contributed by atoms with Crippen LogP contribution >= 0.6 is 0 Å². The quantitative estimate of drug-likeness (QED) is 0.425. The standard InChI is InChI=1S/C26H26N4O4/c1-3-18-24(30-12-14-33-15-13-30)20-9-8-17(16-23(20)34-25(18)31)28-26-27-11-10-21(29-26)19-6-4-5-7-22(19)32-2/h4-11,16H,3,12-15H2,1-2H3,(H,27,28,29). The van der Waals surface area contributed by atoms with Crippen molar-refractivity contribution in [3.05, 3.63) is 70.7 Å². The van der Waals surface area contributed by atoms with Crippen molar-refractivity contribution in [3.63, 3.8) is 0 Å². The molecule has 174 valence electrons. The van der Waals surface area contributed by atoms with Crippen LogP contribution in [-0.2, 0) is 11.2 Å². The van der Waals surface area contributed by atoms with Crippen molar-refractivity contribution >= 4 is 28.3 Å². The number of rotatable bonds is 6. The number of anilines is 3. The number of benzene rings is 2. The van der Waals surface area contributed by atoms with E-state index >= 15 is 0 Å². The summed E-state index contributed by atoms with van der Waals surface area (Å²) in [7, 11) is 1.64. The normalized spacial score (nSPS) is 13.8. The molecule has 0 atom stereocenters. The summed E-state index contributed by atoms with van der Waals surface area (Å²) in [6.45, 7) is 4.75. The molecule has 4 aromatic rings. The summed E-state index contributed by atoms with van der Waals surface area (Å²) in [6.07, 6.45) is 2.30. The van der Waals surface area contributed by atoms with Gasteiger partial charge in [-0.25, -0.2) is 14.8 Å². The number of hydrogen-bond donors (Lipinski definition) is 1. The highest BCUT2D eigenvalue weighted by Gasteiger charge is 2.21. The van der Waals surface area contributed by atoms with Crippen molar-refractivity contribution in [3.8, 4) is 17.0 Å². The molecule has 2 aromatic heterocycles. The predicted molar refractivity (Wildman–Crippen MR) is 132 cm³/mol. The van der Waals surface area contributed by atoms with Gasteiger partial charge in [0.15, 0.2) is 0 Å². The molecule has 2 aromatic carbocycles. The smallest absolute Gasteiger partial charge is 0.341 e. The van der Waals surface area contributed by atoms with Gasteiger partial charge in [0.05, 0.1) is 37.3 Å². The van der Waals surface area contributed by atoms with Crippen molar-refractivity contribution in [2.75, 3.05) is 43.6 Å². The number of para-hydroxylation sites is 1. The molecule has 8 nitrogen and oxygen atoms in total. The van der Waals surface area contributed by atoms with Gasteiger partial charge in [0.25, 0.3) is 0 Å². The second-order valence-electron chi connectivity index (χ2n) is 7.97. The average molecular weight is 459 g/mol. The number of ether oxygens (including phenoxy) is 2. The van der Waals surface area contributed by atoms with Crippen molar-refractivity contribution in [2.24, 2.45) is 0 Å². The highest BCUT2D eigenvalue weighted by molar-refractivity contribution is 5.94. The van der Waals surface area contributed by atoms with Gasteiger partial charge < -0.3 is 24.1 Å². The maximum Gasteiger partial charge on any atom is 0.341 e. The molecule has 0 radical (unpaired) electrons. The van der Waals surface area contributed by atoms with Gasteiger partial charge >= 0.3 is 5.63 Å². The summed E-state index contributed by atoms with van der Waals surface area (Å²) in [5.74, 6) is 1.17. The van der Waals surface area contributed by atoms with Crippen LogP contribution in [0.5, 0.6) is 5.75 Å². The Hall–Kier alpha value is -3.91. The first-order valence-electron chi connectivity index (χ1n) is 11.3. The molecular weight excluding hydrogens is 432 g/mol. The molecule has 1 aliphatic rings. The van der Waals surface area contributed by atoms with E-state index in [1.165, 1.54) is 0 Å². The van der Waals surface area contributed by atoms with Gasteiger partial charge in [-0.2, -0.15) is 0 Å². The molecule has 0 amide bonds. The van der Waals surface area contributed by atoms with Crippen LogP contribution < -0.4 is 20.6 Å². The Balaban J connectivity index is 1.51. The SMILES string of the molecule is CCc1c(N2CCOCC2)c2ccc(Nc3nccc(-c4ccccc4OC)n3)cc2oc1=O. The fourth-order valence-corrected chi connectivity index (χ4v) is 4.32. The Kier molecular flexibility index (Phi) is 6.14. The predicted octanol–water partition coefficient (Wildman–Crippen LogP) is 4.40. The van der Waals surface area contributed by atoms with Crippen molar-refractivity contribution < 1.29 is 13.9 Å². The summed E-state index contributed by atoms with van der Waals surface area (Å²) < 4.78 is 16.7. The zero-order valence-electron chi connectivity index (χ0n) is 19.2. The second-order valence-corrected chi connectivity index (χ2v) is 7.97. The van der Waals surface area contributed by atoms with Crippen molar-refractivity contribution in [2.45, 2.75) is 13.3 Å². The van der Waals surface area contributed by atoms with Gasteiger partial charge in [0.1, 0.15) is 11.3 Å². The summed E-state index contributed by atoms with van der Waals surface area (Å²) in [5.41, 5.74) is 4.20. The first kappa shape index (κ1) is 21.9. The number of methoxy groups -OCH3 is 1.